The Hall–Kier alpha value is -2.41. The molecule has 126 valence electrons. The van der Waals surface area contributed by atoms with Crippen molar-refractivity contribution in [2.24, 2.45) is 0 Å². The number of anilines is 2. The van der Waals surface area contributed by atoms with Gasteiger partial charge in [-0.05, 0) is 50.2 Å². The highest BCUT2D eigenvalue weighted by Gasteiger charge is 2.08. The van der Waals surface area contributed by atoms with Gasteiger partial charge < -0.3 is 4.90 Å². The molecule has 0 aliphatic heterocycles. The average molecular weight is 344 g/mol. The molecule has 3 aromatic rings. The normalized spacial score (nSPS) is 11.8. The van der Waals surface area contributed by atoms with E-state index in [1.807, 2.05) is 12.1 Å². The van der Waals surface area contributed by atoms with Gasteiger partial charge in [0.25, 0.3) is 0 Å². The lowest BCUT2D eigenvalue weighted by molar-refractivity contribution is 0.607. The fraction of sp³-hybridized carbons (Fsp3) is 0.294. The second-order valence-corrected chi connectivity index (χ2v) is 7.40. The molecule has 0 saturated heterocycles. The Labute approximate surface area is 141 Å². The van der Waals surface area contributed by atoms with Crippen molar-refractivity contribution in [2.75, 3.05) is 29.0 Å². The Balaban J connectivity index is 2.11. The quantitative estimate of drug-likeness (QED) is 0.720. The van der Waals surface area contributed by atoms with Gasteiger partial charge in [-0.25, -0.2) is 18.4 Å². The topological polar surface area (TPSA) is 75.2 Å². The molecule has 1 aromatic heterocycles. The Bertz CT molecular complexity index is 998. The third-order valence-corrected chi connectivity index (χ3v) is 4.45. The molecule has 1 heterocycles. The van der Waals surface area contributed by atoms with E-state index in [1.54, 1.807) is 18.2 Å². The van der Waals surface area contributed by atoms with E-state index in [0.717, 1.165) is 41.6 Å². The van der Waals surface area contributed by atoms with Crippen LogP contribution in [-0.2, 0) is 10.0 Å². The first-order valence-corrected chi connectivity index (χ1v) is 9.73. The van der Waals surface area contributed by atoms with Crippen molar-refractivity contribution in [1.82, 2.24) is 9.97 Å². The summed E-state index contributed by atoms with van der Waals surface area (Å²) in [5.41, 5.74) is 4.60. The summed E-state index contributed by atoms with van der Waals surface area (Å²) in [6.45, 7) is 6.07. The largest absolute Gasteiger partial charge is 0.372 e. The van der Waals surface area contributed by atoms with E-state index in [1.165, 1.54) is 0 Å². The van der Waals surface area contributed by atoms with E-state index >= 15 is 0 Å². The molecule has 0 fully saturated rings. The Morgan fingerprint density at radius 3 is 2.12 bits per heavy atom. The molecule has 0 atom stereocenters. The SMILES string of the molecule is CCN(CC)c1ccc2nc3ccc(NS(C)(=O)=O)cc3nc2c1. The van der Waals surface area contributed by atoms with Gasteiger partial charge in [0, 0.05) is 18.8 Å². The fourth-order valence-corrected chi connectivity index (χ4v) is 3.28. The van der Waals surface area contributed by atoms with Crippen LogP contribution in [0.3, 0.4) is 0 Å². The number of nitrogens with one attached hydrogen (secondary N) is 1. The number of aromatic nitrogens is 2. The van der Waals surface area contributed by atoms with E-state index in [9.17, 15) is 8.42 Å². The van der Waals surface area contributed by atoms with Gasteiger partial charge in [-0.1, -0.05) is 0 Å². The fourth-order valence-electron chi connectivity index (χ4n) is 2.73. The maximum Gasteiger partial charge on any atom is 0.229 e. The molecule has 0 aliphatic rings. The van der Waals surface area contributed by atoms with Crippen LogP contribution in [0.15, 0.2) is 36.4 Å². The van der Waals surface area contributed by atoms with Crippen LogP contribution in [0.2, 0.25) is 0 Å². The summed E-state index contributed by atoms with van der Waals surface area (Å²) in [7, 11) is -3.32. The summed E-state index contributed by atoms with van der Waals surface area (Å²) in [6, 6.07) is 11.2. The lowest BCUT2D eigenvalue weighted by Gasteiger charge is -2.21. The van der Waals surface area contributed by atoms with Gasteiger partial charge in [-0.2, -0.15) is 0 Å². The number of benzene rings is 2. The zero-order valence-electron chi connectivity index (χ0n) is 13.9. The Morgan fingerprint density at radius 1 is 0.917 bits per heavy atom. The smallest absolute Gasteiger partial charge is 0.229 e. The molecular weight excluding hydrogens is 324 g/mol. The van der Waals surface area contributed by atoms with Crippen LogP contribution in [-0.4, -0.2) is 37.7 Å². The minimum atomic E-state index is -3.32. The summed E-state index contributed by atoms with van der Waals surface area (Å²) < 4.78 is 25.2. The number of sulfonamides is 1. The second-order valence-electron chi connectivity index (χ2n) is 5.65. The number of fused-ring (bicyclic) bond motifs is 2. The first-order valence-electron chi connectivity index (χ1n) is 7.84. The third-order valence-electron chi connectivity index (χ3n) is 3.85. The third kappa shape index (κ3) is 3.41. The lowest BCUT2D eigenvalue weighted by atomic mass is 10.2. The maximum atomic E-state index is 11.4. The molecule has 3 rings (SSSR count). The average Bonchev–Trinajstić information content (AvgIpc) is 2.52. The highest BCUT2D eigenvalue weighted by atomic mass is 32.2. The van der Waals surface area contributed by atoms with Gasteiger partial charge in [0.05, 0.1) is 34.0 Å². The summed E-state index contributed by atoms with van der Waals surface area (Å²) in [6.07, 6.45) is 1.12. The summed E-state index contributed by atoms with van der Waals surface area (Å²) in [5.74, 6) is 0. The van der Waals surface area contributed by atoms with Crippen molar-refractivity contribution < 1.29 is 8.42 Å². The van der Waals surface area contributed by atoms with E-state index in [-0.39, 0.29) is 0 Å². The van der Waals surface area contributed by atoms with Crippen LogP contribution in [0.25, 0.3) is 22.1 Å². The van der Waals surface area contributed by atoms with Crippen LogP contribution >= 0.6 is 0 Å². The van der Waals surface area contributed by atoms with Crippen LogP contribution in [0.4, 0.5) is 11.4 Å². The molecule has 6 nitrogen and oxygen atoms in total. The molecule has 0 aliphatic carbocycles. The molecule has 2 aromatic carbocycles. The molecular formula is C17H20N4O2S. The van der Waals surface area contributed by atoms with Crippen molar-refractivity contribution >= 4 is 43.5 Å². The Morgan fingerprint density at radius 2 is 1.50 bits per heavy atom. The molecule has 7 heteroatoms. The van der Waals surface area contributed by atoms with Gasteiger partial charge in [0.2, 0.25) is 10.0 Å². The second kappa shape index (κ2) is 6.24. The molecule has 0 bridgehead atoms. The van der Waals surface area contributed by atoms with Gasteiger partial charge in [0.15, 0.2) is 0 Å². The molecule has 0 amide bonds. The van der Waals surface area contributed by atoms with E-state index in [2.05, 4.69) is 39.5 Å². The molecule has 0 radical (unpaired) electrons. The first-order chi connectivity index (χ1) is 11.4. The van der Waals surface area contributed by atoms with Crippen molar-refractivity contribution in [1.29, 1.82) is 0 Å². The monoisotopic (exact) mass is 344 g/mol. The predicted molar refractivity (Wildman–Crippen MR) is 99.1 cm³/mol. The summed E-state index contributed by atoms with van der Waals surface area (Å²) in [4.78, 5) is 11.5. The number of nitrogens with zero attached hydrogens (tertiary/aromatic N) is 3. The van der Waals surface area contributed by atoms with Crippen molar-refractivity contribution in [3.05, 3.63) is 36.4 Å². The number of hydrogen-bond donors (Lipinski definition) is 1. The highest BCUT2D eigenvalue weighted by molar-refractivity contribution is 7.92. The maximum absolute atomic E-state index is 11.4. The van der Waals surface area contributed by atoms with Crippen molar-refractivity contribution in [3.63, 3.8) is 0 Å². The van der Waals surface area contributed by atoms with Gasteiger partial charge >= 0.3 is 0 Å². The van der Waals surface area contributed by atoms with Crippen LogP contribution < -0.4 is 9.62 Å². The minimum absolute atomic E-state index is 0.485. The van der Waals surface area contributed by atoms with E-state index in [4.69, 9.17) is 0 Å². The van der Waals surface area contributed by atoms with Crippen molar-refractivity contribution in [3.8, 4) is 0 Å². The van der Waals surface area contributed by atoms with Crippen molar-refractivity contribution in [2.45, 2.75) is 13.8 Å². The first kappa shape index (κ1) is 16.4. The molecule has 1 N–H and O–H groups in total. The minimum Gasteiger partial charge on any atom is -0.372 e. The number of hydrogen-bond acceptors (Lipinski definition) is 5. The number of rotatable bonds is 5. The van der Waals surface area contributed by atoms with Gasteiger partial charge in [-0.15, -0.1) is 0 Å². The molecule has 24 heavy (non-hydrogen) atoms. The van der Waals surface area contributed by atoms with E-state index < -0.39 is 10.0 Å². The zero-order valence-corrected chi connectivity index (χ0v) is 14.8. The van der Waals surface area contributed by atoms with Crippen LogP contribution in [0.1, 0.15) is 13.8 Å². The predicted octanol–water partition coefficient (Wildman–Crippen LogP) is 3.00. The van der Waals surface area contributed by atoms with Gasteiger partial charge in [0.1, 0.15) is 0 Å². The van der Waals surface area contributed by atoms with E-state index in [0.29, 0.717) is 11.2 Å². The summed E-state index contributed by atoms with van der Waals surface area (Å²) in [5, 5.41) is 0. The standard InChI is InChI=1S/C17H20N4O2S/c1-4-21(5-2)13-7-9-15-17(11-13)19-16-10-12(20-24(3,22)23)6-8-14(16)18-15/h6-11,20H,4-5H2,1-3H3. The molecule has 0 spiro atoms. The highest BCUT2D eigenvalue weighted by Crippen LogP contribution is 2.24. The lowest BCUT2D eigenvalue weighted by Crippen LogP contribution is -2.21. The Kier molecular flexibility index (Phi) is 4.28. The molecule has 0 saturated carbocycles. The zero-order chi connectivity index (χ0) is 17.3. The summed E-state index contributed by atoms with van der Waals surface area (Å²) >= 11 is 0. The van der Waals surface area contributed by atoms with Crippen LogP contribution in [0, 0.1) is 0 Å². The van der Waals surface area contributed by atoms with Crippen LogP contribution in [0.5, 0.6) is 0 Å². The van der Waals surface area contributed by atoms with Gasteiger partial charge in [-0.3, -0.25) is 4.72 Å². The molecule has 0 unspecified atom stereocenters.